The molecule has 0 saturated heterocycles. The summed E-state index contributed by atoms with van der Waals surface area (Å²) in [5.74, 6) is 0.878. The van der Waals surface area contributed by atoms with Gasteiger partial charge >= 0.3 is 0 Å². The molecule has 0 aliphatic heterocycles. The van der Waals surface area contributed by atoms with Crippen LogP contribution in [0.1, 0.15) is 44.7 Å². The number of nitrogens with zero attached hydrogens (tertiary/aromatic N) is 2. The predicted octanol–water partition coefficient (Wildman–Crippen LogP) is 3.44. The van der Waals surface area contributed by atoms with Crippen molar-refractivity contribution in [2.75, 3.05) is 5.32 Å². The van der Waals surface area contributed by atoms with E-state index in [-0.39, 0.29) is 0 Å². The second kappa shape index (κ2) is 5.48. The first-order valence-corrected chi connectivity index (χ1v) is 6.45. The van der Waals surface area contributed by atoms with Crippen molar-refractivity contribution in [2.24, 2.45) is 0 Å². The number of hydrogen-bond acceptors (Lipinski definition) is 3. The lowest BCUT2D eigenvalue weighted by Crippen LogP contribution is -2.23. The highest BCUT2D eigenvalue weighted by molar-refractivity contribution is 6.28. The van der Waals surface area contributed by atoms with Gasteiger partial charge in [0.05, 0.1) is 0 Å². The molecule has 0 bridgehead atoms. The van der Waals surface area contributed by atoms with Crippen LogP contribution < -0.4 is 5.32 Å². The van der Waals surface area contributed by atoms with Crippen molar-refractivity contribution in [3.63, 3.8) is 0 Å². The number of anilines is 1. The molecule has 0 radical (unpaired) electrons. The molecule has 1 saturated carbocycles. The molecule has 1 aromatic rings. The third-order valence-electron chi connectivity index (χ3n) is 3.07. The third-order valence-corrected chi connectivity index (χ3v) is 3.24. The van der Waals surface area contributed by atoms with E-state index in [1.807, 2.05) is 6.07 Å². The van der Waals surface area contributed by atoms with Crippen LogP contribution in [0.5, 0.6) is 0 Å². The zero-order valence-corrected chi connectivity index (χ0v) is 10.4. The van der Waals surface area contributed by atoms with E-state index in [2.05, 4.69) is 22.2 Å². The molecule has 1 fully saturated rings. The van der Waals surface area contributed by atoms with Crippen LogP contribution in [0, 0.1) is 0 Å². The zero-order chi connectivity index (χ0) is 11.4. The number of halogens is 1. The summed E-state index contributed by atoms with van der Waals surface area (Å²) in [5, 5.41) is 3.81. The molecule has 0 spiro atoms. The molecule has 16 heavy (non-hydrogen) atoms. The summed E-state index contributed by atoms with van der Waals surface area (Å²) in [6, 6.07) is 2.56. The van der Waals surface area contributed by atoms with E-state index in [1.165, 1.54) is 32.1 Å². The molecule has 0 amide bonds. The fourth-order valence-corrected chi connectivity index (χ4v) is 2.38. The standard InChI is InChI=1S/C12H18ClN3/c1-2-9-8-11(16-12(13)15-9)14-10-6-4-3-5-7-10/h8,10H,2-7H2,1H3,(H,14,15,16). The van der Waals surface area contributed by atoms with Gasteiger partial charge in [-0.2, -0.15) is 0 Å². The molecule has 0 aromatic carbocycles. The van der Waals surface area contributed by atoms with Gasteiger partial charge in [-0.05, 0) is 30.9 Å². The lowest BCUT2D eigenvalue weighted by atomic mass is 9.95. The van der Waals surface area contributed by atoms with E-state index in [0.29, 0.717) is 11.3 Å². The molecule has 1 aromatic heterocycles. The minimum Gasteiger partial charge on any atom is -0.367 e. The SMILES string of the molecule is CCc1cc(NC2CCCCC2)nc(Cl)n1. The van der Waals surface area contributed by atoms with Gasteiger partial charge in [0.2, 0.25) is 5.28 Å². The Morgan fingerprint density at radius 3 is 2.75 bits per heavy atom. The van der Waals surface area contributed by atoms with Gasteiger partial charge in [-0.3, -0.25) is 0 Å². The van der Waals surface area contributed by atoms with Crippen LogP contribution in [0.4, 0.5) is 5.82 Å². The van der Waals surface area contributed by atoms with Crippen LogP contribution in [0.25, 0.3) is 0 Å². The van der Waals surface area contributed by atoms with Crippen LogP contribution in [0.3, 0.4) is 0 Å². The van der Waals surface area contributed by atoms with Gasteiger partial charge in [0, 0.05) is 17.8 Å². The largest absolute Gasteiger partial charge is 0.367 e. The van der Waals surface area contributed by atoms with Crippen molar-refractivity contribution in [2.45, 2.75) is 51.5 Å². The van der Waals surface area contributed by atoms with E-state index in [9.17, 15) is 0 Å². The minimum atomic E-state index is 0.345. The molecule has 3 nitrogen and oxygen atoms in total. The van der Waals surface area contributed by atoms with Gasteiger partial charge in [0.1, 0.15) is 5.82 Å². The second-order valence-electron chi connectivity index (χ2n) is 4.35. The van der Waals surface area contributed by atoms with Gasteiger partial charge in [0.25, 0.3) is 0 Å². The first kappa shape index (κ1) is 11.6. The average Bonchev–Trinajstić information content (AvgIpc) is 2.29. The molecule has 0 unspecified atom stereocenters. The molecule has 88 valence electrons. The number of nitrogens with one attached hydrogen (secondary N) is 1. The van der Waals surface area contributed by atoms with Crippen molar-refractivity contribution < 1.29 is 0 Å². The van der Waals surface area contributed by atoms with Crippen LogP contribution in [0.15, 0.2) is 6.07 Å². The quantitative estimate of drug-likeness (QED) is 0.822. The molecule has 0 atom stereocenters. The van der Waals surface area contributed by atoms with E-state index >= 15 is 0 Å². The summed E-state index contributed by atoms with van der Waals surface area (Å²) in [6.07, 6.45) is 7.37. The van der Waals surface area contributed by atoms with E-state index in [4.69, 9.17) is 11.6 Å². The average molecular weight is 240 g/mol. The molecule has 4 heteroatoms. The Balaban J connectivity index is 2.04. The van der Waals surface area contributed by atoms with Gasteiger partial charge in [-0.25, -0.2) is 9.97 Å². The topological polar surface area (TPSA) is 37.8 Å². The zero-order valence-electron chi connectivity index (χ0n) is 9.67. The van der Waals surface area contributed by atoms with Crippen LogP contribution in [-0.4, -0.2) is 16.0 Å². The van der Waals surface area contributed by atoms with Gasteiger partial charge in [0.15, 0.2) is 0 Å². The lowest BCUT2D eigenvalue weighted by Gasteiger charge is -2.23. The number of hydrogen-bond donors (Lipinski definition) is 1. The molecule has 2 rings (SSSR count). The monoisotopic (exact) mass is 239 g/mol. The molecule has 1 aliphatic rings. The first-order chi connectivity index (χ1) is 7.78. The lowest BCUT2D eigenvalue weighted by molar-refractivity contribution is 0.462. The van der Waals surface area contributed by atoms with E-state index in [1.54, 1.807) is 0 Å². The van der Waals surface area contributed by atoms with Crippen LogP contribution in [0.2, 0.25) is 5.28 Å². The maximum Gasteiger partial charge on any atom is 0.224 e. The maximum absolute atomic E-state index is 5.88. The number of aryl methyl sites for hydroxylation is 1. The summed E-state index contributed by atoms with van der Waals surface area (Å²) in [7, 11) is 0. The molecule has 1 heterocycles. The van der Waals surface area contributed by atoms with E-state index < -0.39 is 0 Å². The fraction of sp³-hybridized carbons (Fsp3) is 0.667. The first-order valence-electron chi connectivity index (χ1n) is 6.08. The third kappa shape index (κ3) is 3.08. The Morgan fingerprint density at radius 1 is 1.31 bits per heavy atom. The van der Waals surface area contributed by atoms with Crippen molar-refractivity contribution in [3.05, 3.63) is 17.0 Å². The van der Waals surface area contributed by atoms with E-state index in [0.717, 1.165) is 17.9 Å². The van der Waals surface area contributed by atoms with Gasteiger partial charge in [-0.1, -0.05) is 26.2 Å². The second-order valence-corrected chi connectivity index (χ2v) is 4.68. The Kier molecular flexibility index (Phi) is 3.99. The van der Waals surface area contributed by atoms with Crippen LogP contribution in [-0.2, 0) is 6.42 Å². The van der Waals surface area contributed by atoms with Crippen molar-refractivity contribution in [3.8, 4) is 0 Å². The smallest absolute Gasteiger partial charge is 0.224 e. The molecule has 1 N–H and O–H groups in total. The van der Waals surface area contributed by atoms with Gasteiger partial charge < -0.3 is 5.32 Å². The summed E-state index contributed by atoms with van der Waals surface area (Å²) in [4.78, 5) is 8.38. The fourth-order valence-electron chi connectivity index (χ4n) is 2.18. The maximum atomic E-state index is 5.88. The van der Waals surface area contributed by atoms with Gasteiger partial charge in [-0.15, -0.1) is 0 Å². The highest BCUT2D eigenvalue weighted by Gasteiger charge is 2.14. The summed E-state index contributed by atoms with van der Waals surface area (Å²) >= 11 is 5.88. The van der Waals surface area contributed by atoms with Crippen molar-refractivity contribution >= 4 is 17.4 Å². The number of aromatic nitrogens is 2. The minimum absolute atomic E-state index is 0.345. The molecular formula is C12H18ClN3. The van der Waals surface area contributed by atoms with Crippen LogP contribution >= 0.6 is 11.6 Å². The highest BCUT2D eigenvalue weighted by Crippen LogP contribution is 2.21. The normalized spacial score (nSPS) is 17.4. The summed E-state index contributed by atoms with van der Waals surface area (Å²) in [6.45, 7) is 2.07. The van der Waals surface area contributed by atoms with Crippen molar-refractivity contribution in [1.29, 1.82) is 0 Å². The molecular weight excluding hydrogens is 222 g/mol. The Hall–Kier alpha value is -0.830. The highest BCUT2D eigenvalue weighted by atomic mass is 35.5. The summed E-state index contributed by atoms with van der Waals surface area (Å²) in [5.41, 5.74) is 0.998. The predicted molar refractivity (Wildman–Crippen MR) is 66.9 cm³/mol. The number of rotatable bonds is 3. The Bertz CT molecular complexity index is 348. The Labute approximate surface area is 102 Å². The molecule has 1 aliphatic carbocycles. The summed E-state index contributed by atoms with van der Waals surface area (Å²) < 4.78 is 0. The Morgan fingerprint density at radius 2 is 2.06 bits per heavy atom. The van der Waals surface area contributed by atoms with Crippen molar-refractivity contribution in [1.82, 2.24) is 9.97 Å².